The number of hydrazine groups is 1. The lowest BCUT2D eigenvalue weighted by atomic mass is 10.4. The third-order valence-electron chi connectivity index (χ3n) is 2.46. The number of ether oxygens (including phenoxy) is 2. The Morgan fingerprint density at radius 1 is 1.16 bits per heavy atom. The molecule has 0 unspecified atom stereocenters. The predicted molar refractivity (Wildman–Crippen MR) is 76.0 cm³/mol. The van der Waals surface area contributed by atoms with E-state index in [0.717, 1.165) is 37.9 Å². The molecule has 8 heteroatoms. The first kappa shape index (κ1) is 16.3. The number of hydrogen-bond acceptors (Lipinski definition) is 8. The highest BCUT2D eigenvalue weighted by molar-refractivity contribution is 7.15. The third-order valence-corrected chi connectivity index (χ3v) is 3.30. The third kappa shape index (κ3) is 6.79. The summed E-state index contributed by atoms with van der Waals surface area (Å²) in [5.74, 6) is 5.29. The van der Waals surface area contributed by atoms with Crippen molar-refractivity contribution >= 4 is 16.5 Å². The minimum absolute atomic E-state index is 0.629. The molecule has 0 atom stereocenters. The summed E-state index contributed by atoms with van der Waals surface area (Å²) >= 11 is 1.46. The van der Waals surface area contributed by atoms with Crippen LogP contribution < -0.4 is 11.3 Å². The molecule has 0 amide bonds. The van der Waals surface area contributed by atoms with Gasteiger partial charge in [-0.1, -0.05) is 11.3 Å². The second-order valence-corrected chi connectivity index (χ2v) is 4.88. The van der Waals surface area contributed by atoms with Gasteiger partial charge in [-0.15, -0.1) is 10.2 Å². The van der Waals surface area contributed by atoms with E-state index in [0.29, 0.717) is 18.3 Å². The van der Waals surface area contributed by atoms with E-state index in [2.05, 4.69) is 20.5 Å². The Bertz CT molecular complexity index is 327. The van der Waals surface area contributed by atoms with Gasteiger partial charge in [-0.3, -0.25) is 10.3 Å². The van der Waals surface area contributed by atoms with Crippen molar-refractivity contribution < 1.29 is 9.47 Å². The molecule has 0 saturated heterocycles. The second-order valence-electron chi connectivity index (χ2n) is 3.82. The standard InChI is InChI=1S/C11H23N5O2S/c1-3-17-7-5-16(6-8-18-4-2)9-10-14-15-11(13-12)19-10/h3-9,12H2,1-2H3,(H,13,15). The molecule has 1 rings (SSSR count). The van der Waals surface area contributed by atoms with Gasteiger partial charge in [0.1, 0.15) is 5.01 Å². The van der Waals surface area contributed by atoms with Crippen LogP contribution in [0, 0.1) is 0 Å². The van der Waals surface area contributed by atoms with E-state index in [1.54, 1.807) is 0 Å². The molecule has 0 radical (unpaired) electrons. The van der Waals surface area contributed by atoms with Crippen LogP contribution in [0.15, 0.2) is 0 Å². The quantitative estimate of drug-likeness (QED) is 0.352. The van der Waals surface area contributed by atoms with Crippen molar-refractivity contribution in [1.82, 2.24) is 15.1 Å². The molecule has 0 aliphatic heterocycles. The number of nitrogen functional groups attached to an aromatic ring is 1. The minimum atomic E-state index is 0.629. The molecule has 0 aliphatic rings. The SMILES string of the molecule is CCOCCN(CCOCC)Cc1nnc(NN)s1. The predicted octanol–water partition coefficient (Wildman–Crippen LogP) is 0.699. The van der Waals surface area contributed by atoms with Crippen molar-refractivity contribution in [3.8, 4) is 0 Å². The zero-order valence-corrected chi connectivity index (χ0v) is 12.4. The Hall–Kier alpha value is -0.800. The molecule has 0 aliphatic carbocycles. The van der Waals surface area contributed by atoms with Gasteiger partial charge >= 0.3 is 0 Å². The lowest BCUT2D eigenvalue weighted by molar-refractivity contribution is 0.0796. The van der Waals surface area contributed by atoms with Gasteiger partial charge in [-0.2, -0.15) is 0 Å². The average molecular weight is 289 g/mol. The van der Waals surface area contributed by atoms with Crippen LogP contribution in [-0.2, 0) is 16.0 Å². The molecule has 1 heterocycles. The normalized spacial score (nSPS) is 11.2. The Morgan fingerprint density at radius 3 is 2.26 bits per heavy atom. The molecule has 0 saturated carbocycles. The van der Waals surface area contributed by atoms with Gasteiger partial charge in [0, 0.05) is 26.3 Å². The molecule has 3 N–H and O–H groups in total. The van der Waals surface area contributed by atoms with Crippen molar-refractivity contribution in [2.45, 2.75) is 20.4 Å². The number of nitrogens with two attached hydrogens (primary N) is 1. The lowest BCUT2D eigenvalue weighted by Crippen LogP contribution is -2.30. The molecule has 7 nitrogen and oxygen atoms in total. The van der Waals surface area contributed by atoms with Crippen LogP contribution in [-0.4, -0.2) is 54.6 Å². The highest BCUT2D eigenvalue weighted by Crippen LogP contribution is 2.15. The van der Waals surface area contributed by atoms with Crippen LogP contribution in [0.5, 0.6) is 0 Å². The number of rotatable bonds is 11. The van der Waals surface area contributed by atoms with Crippen LogP contribution in [0.1, 0.15) is 18.9 Å². The van der Waals surface area contributed by atoms with Gasteiger partial charge in [0.2, 0.25) is 5.13 Å². The Labute approximate surface area is 118 Å². The first-order valence-electron chi connectivity index (χ1n) is 6.47. The molecule has 0 aromatic carbocycles. The Balaban J connectivity index is 2.41. The smallest absolute Gasteiger partial charge is 0.219 e. The van der Waals surface area contributed by atoms with Crippen LogP contribution >= 0.6 is 11.3 Å². The van der Waals surface area contributed by atoms with Crippen LogP contribution in [0.3, 0.4) is 0 Å². The van der Waals surface area contributed by atoms with Crippen molar-refractivity contribution in [3.05, 3.63) is 5.01 Å². The van der Waals surface area contributed by atoms with Crippen LogP contribution in [0.2, 0.25) is 0 Å². The fourth-order valence-corrected chi connectivity index (χ4v) is 2.21. The zero-order valence-electron chi connectivity index (χ0n) is 11.6. The monoisotopic (exact) mass is 289 g/mol. The van der Waals surface area contributed by atoms with E-state index in [9.17, 15) is 0 Å². The van der Waals surface area contributed by atoms with Crippen LogP contribution in [0.25, 0.3) is 0 Å². The summed E-state index contributed by atoms with van der Waals surface area (Å²) in [6.45, 7) is 9.33. The molecule has 1 aromatic heterocycles. The van der Waals surface area contributed by atoms with E-state index in [1.807, 2.05) is 13.8 Å². The molecular weight excluding hydrogens is 266 g/mol. The number of nitrogens with zero attached hydrogens (tertiary/aromatic N) is 3. The molecular formula is C11H23N5O2S. The summed E-state index contributed by atoms with van der Waals surface area (Å²) < 4.78 is 10.8. The molecule has 110 valence electrons. The van der Waals surface area contributed by atoms with Crippen molar-refractivity contribution in [2.24, 2.45) is 5.84 Å². The zero-order chi connectivity index (χ0) is 13.9. The Morgan fingerprint density at radius 2 is 1.79 bits per heavy atom. The highest BCUT2D eigenvalue weighted by Gasteiger charge is 2.10. The summed E-state index contributed by atoms with van der Waals surface area (Å²) in [6.07, 6.45) is 0. The van der Waals surface area contributed by atoms with Gasteiger partial charge in [0.05, 0.1) is 19.8 Å². The lowest BCUT2D eigenvalue weighted by Gasteiger charge is -2.20. The molecule has 0 fully saturated rings. The maximum Gasteiger partial charge on any atom is 0.219 e. The maximum atomic E-state index is 5.39. The number of hydrogen-bond donors (Lipinski definition) is 2. The van der Waals surface area contributed by atoms with Crippen molar-refractivity contribution in [3.63, 3.8) is 0 Å². The first-order chi connectivity index (χ1) is 9.30. The largest absolute Gasteiger partial charge is 0.380 e. The maximum absolute atomic E-state index is 5.39. The van der Waals surface area contributed by atoms with Crippen molar-refractivity contribution in [1.29, 1.82) is 0 Å². The van der Waals surface area contributed by atoms with Gasteiger partial charge in [0.15, 0.2) is 0 Å². The number of nitrogens with one attached hydrogen (secondary N) is 1. The topological polar surface area (TPSA) is 85.5 Å². The number of anilines is 1. The van der Waals surface area contributed by atoms with Gasteiger partial charge in [0.25, 0.3) is 0 Å². The first-order valence-corrected chi connectivity index (χ1v) is 7.28. The summed E-state index contributed by atoms with van der Waals surface area (Å²) in [5.41, 5.74) is 2.50. The highest BCUT2D eigenvalue weighted by atomic mass is 32.1. The fraction of sp³-hybridized carbons (Fsp3) is 0.818. The van der Waals surface area contributed by atoms with Crippen molar-refractivity contribution in [2.75, 3.05) is 44.9 Å². The molecule has 0 bridgehead atoms. The van der Waals surface area contributed by atoms with E-state index in [1.165, 1.54) is 11.3 Å². The number of aromatic nitrogens is 2. The molecule has 0 spiro atoms. The summed E-state index contributed by atoms with van der Waals surface area (Å²) in [5, 5.41) is 9.57. The molecule has 1 aromatic rings. The summed E-state index contributed by atoms with van der Waals surface area (Å²) in [4.78, 5) is 2.24. The summed E-state index contributed by atoms with van der Waals surface area (Å²) in [7, 11) is 0. The minimum Gasteiger partial charge on any atom is -0.380 e. The van der Waals surface area contributed by atoms with Gasteiger partial charge in [-0.05, 0) is 13.8 Å². The fourth-order valence-electron chi connectivity index (χ4n) is 1.51. The van der Waals surface area contributed by atoms with Gasteiger partial charge in [-0.25, -0.2) is 5.84 Å². The average Bonchev–Trinajstić information content (AvgIpc) is 2.87. The van der Waals surface area contributed by atoms with Gasteiger partial charge < -0.3 is 9.47 Å². The van der Waals surface area contributed by atoms with E-state index in [-0.39, 0.29) is 0 Å². The summed E-state index contributed by atoms with van der Waals surface area (Å²) in [6, 6.07) is 0. The Kier molecular flexibility index (Phi) is 8.59. The van der Waals surface area contributed by atoms with Crippen LogP contribution in [0.4, 0.5) is 5.13 Å². The molecule has 19 heavy (non-hydrogen) atoms. The second kappa shape index (κ2) is 10.0. The van der Waals surface area contributed by atoms with E-state index >= 15 is 0 Å². The van der Waals surface area contributed by atoms with E-state index in [4.69, 9.17) is 15.3 Å². The van der Waals surface area contributed by atoms with E-state index < -0.39 is 0 Å².